The van der Waals surface area contributed by atoms with Gasteiger partial charge in [-0.25, -0.2) is 0 Å². The zero-order valence-electron chi connectivity index (χ0n) is 14.4. The van der Waals surface area contributed by atoms with E-state index >= 15 is 0 Å². The fourth-order valence-electron chi connectivity index (χ4n) is 4.33. The predicted molar refractivity (Wildman–Crippen MR) is 93.7 cm³/mol. The Balaban J connectivity index is 1.63. The van der Waals surface area contributed by atoms with E-state index in [4.69, 9.17) is 10.5 Å². The molecule has 0 saturated heterocycles. The number of aliphatic hydroxyl groups excluding tert-OH is 1. The van der Waals surface area contributed by atoms with Crippen LogP contribution >= 0.6 is 0 Å². The normalized spacial score (nSPS) is 30.4. The van der Waals surface area contributed by atoms with Gasteiger partial charge in [-0.3, -0.25) is 0 Å². The van der Waals surface area contributed by atoms with E-state index < -0.39 is 0 Å². The first kappa shape index (κ1) is 16.9. The van der Waals surface area contributed by atoms with Crippen LogP contribution in [-0.2, 0) is 17.6 Å². The van der Waals surface area contributed by atoms with E-state index in [1.54, 1.807) is 0 Å². The van der Waals surface area contributed by atoms with Crippen molar-refractivity contribution in [3.05, 3.63) is 34.9 Å². The van der Waals surface area contributed by atoms with Crippen molar-refractivity contribution in [3.8, 4) is 0 Å². The molecule has 128 valence electrons. The summed E-state index contributed by atoms with van der Waals surface area (Å²) in [6, 6.07) is 7.06. The number of fused-ring (bicyclic) bond motifs is 1. The molecule has 1 unspecified atom stereocenters. The number of nitrogens with two attached hydrogens (primary N) is 1. The summed E-state index contributed by atoms with van der Waals surface area (Å²) in [7, 11) is 0. The van der Waals surface area contributed by atoms with Crippen molar-refractivity contribution in [2.24, 2.45) is 11.7 Å². The maximum Gasteiger partial charge on any atom is 0.0611 e. The Bertz CT molecular complexity index is 530. The van der Waals surface area contributed by atoms with E-state index in [-0.39, 0.29) is 12.1 Å². The molecule has 2 aliphatic rings. The number of ether oxygens (including phenoxy) is 1. The van der Waals surface area contributed by atoms with Crippen molar-refractivity contribution in [1.29, 1.82) is 0 Å². The largest absolute Gasteiger partial charge is 0.394 e. The van der Waals surface area contributed by atoms with E-state index in [9.17, 15) is 5.11 Å². The Hall–Kier alpha value is -0.900. The lowest BCUT2D eigenvalue weighted by Gasteiger charge is -2.26. The van der Waals surface area contributed by atoms with Gasteiger partial charge in [0, 0.05) is 18.8 Å². The van der Waals surface area contributed by atoms with Crippen LogP contribution < -0.4 is 5.73 Å². The minimum atomic E-state index is -0.356. The van der Waals surface area contributed by atoms with Crippen LogP contribution in [0.15, 0.2) is 18.2 Å². The Kier molecular flexibility index (Phi) is 5.40. The highest BCUT2D eigenvalue weighted by Gasteiger charge is 2.36. The molecule has 0 spiro atoms. The van der Waals surface area contributed by atoms with Crippen molar-refractivity contribution in [2.45, 2.75) is 63.3 Å². The van der Waals surface area contributed by atoms with Crippen molar-refractivity contribution >= 4 is 0 Å². The van der Waals surface area contributed by atoms with E-state index in [1.165, 1.54) is 42.4 Å². The maximum absolute atomic E-state index is 9.46. The predicted octanol–water partition coefficient (Wildman–Crippen LogP) is 3.18. The van der Waals surface area contributed by atoms with Crippen LogP contribution in [0, 0.1) is 5.92 Å². The third-order valence-electron chi connectivity index (χ3n) is 5.87. The molecule has 1 aromatic carbocycles. The highest BCUT2D eigenvalue weighted by molar-refractivity contribution is 5.36. The van der Waals surface area contributed by atoms with Crippen LogP contribution in [0.2, 0.25) is 0 Å². The molecule has 3 N–H and O–H groups in total. The molecule has 23 heavy (non-hydrogen) atoms. The van der Waals surface area contributed by atoms with Crippen LogP contribution in [0.25, 0.3) is 0 Å². The minimum absolute atomic E-state index is 0.107. The highest BCUT2D eigenvalue weighted by atomic mass is 16.5. The van der Waals surface area contributed by atoms with Crippen LogP contribution in [0.3, 0.4) is 0 Å². The van der Waals surface area contributed by atoms with Crippen molar-refractivity contribution < 1.29 is 9.84 Å². The second kappa shape index (κ2) is 7.33. The Morgan fingerprint density at radius 3 is 2.91 bits per heavy atom. The van der Waals surface area contributed by atoms with Crippen LogP contribution in [0.4, 0.5) is 0 Å². The molecule has 0 aliphatic heterocycles. The molecule has 1 fully saturated rings. The van der Waals surface area contributed by atoms with Gasteiger partial charge in [0.15, 0.2) is 0 Å². The van der Waals surface area contributed by atoms with Gasteiger partial charge in [0.25, 0.3) is 0 Å². The zero-order valence-corrected chi connectivity index (χ0v) is 14.4. The zero-order chi connectivity index (χ0) is 16.3. The fourth-order valence-corrected chi connectivity index (χ4v) is 4.33. The molecule has 0 bridgehead atoms. The summed E-state index contributed by atoms with van der Waals surface area (Å²) >= 11 is 0. The standard InChI is InChI=1S/C20H31NO2/c1-2-23-10-8-15-3-4-17-12-18(6-5-16(17)11-15)19-7-9-20(21,13-19)14-22/h5-6,12,15,19,22H,2-4,7-11,13-14,21H2,1H3/t15?,19-,20+/m0/s1. The summed E-state index contributed by atoms with van der Waals surface area (Å²) in [5, 5.41) is 9.46. The summed E-state index contributed by atoms with van der Waals surface area (Å²) in [6.07, 6.45) is 7.82. The molecule has 3 heteroatoms. The Morgan fingerprint density at radius 2 is 2.17 bits per heavy atom. The molecule has 1 saturated carbocycles. The molecule has 3 nitrogen and oxygen atoms in total. The molecule has 3 rings (SSSR count). The third-order valence-corrected chi connectivity index (χ3v) is 5.87. The quantitative estimate of drug-likeness (QED) is 0.792. The topological polar surface area (TPSA) is 55.5 Å². The maximum atomic E-state index is 9.46. The fraction of sp³-hybridized carbons (Fsp3) is 0.700. The van der Waals surface area contributed by atoms with Gasteiger partial charge in [-0.05, 0) is 80.4 Å². The Labute approximate surface area is 140 Å². The first-order valence-electron chi connectivity index (χ1n) is 9.23. The van der Waals surface area contributed by atoms with Gasteiger partial charge in [-0.2, -0.15) is 0 Å². The highest BCUT2D eigenvalue weighted by Crippen LogP contribution is 2.40. The molecule has 2 aliphatic carbocycles. The lowest BCUT2D eigenvalue weighted by Crippen LogP contribution is -2.40. The lowest BCUT2D eigenvalue weighted by molar-refractivity contribution is 0.129. The Morgan fingerprint density at radius 1 is 1.30 bits per heavy atom. The average Bonchev–Trinajstić information content (AvgIpc) is 2.98. The van der Waals surface area contributed by atoms with E-state index in [2.05, 4.69) is 25.1 Å². The molecule has 0 radical (unpaired) electrons. The van der Waals surface area contributed by atoms with Gasteiger partial charge in [-0.1, -0.05) is 18.2 Å². The van der Waals surface area contributed by atoms with Gasteiger partial charge in [0.05, 0.1) is 6.61 Å². The number of benzene rings is 1. The first-order chi connectivity index (χ1) is 11.1. The van der Waals surface area contributed by atoms with Crippen molar-refractivity contribution in [1.82, 2.24) is 0 Å². The van der Waals surface area contributed by atoms with E-state index in [0.717, 1.165) is 38.4 Å². The average molecular weight is 317 g/mol. The number of hydrogen-bond donors (Lipinski definition) is 2. The minimum Gasteiger partial charge on any atom is -0.394 e. The lowest BCUT2D eigenvalue weighted by atomic mass is 9.80. The molecular formula is C20H31NO2. The SMILES string of the molecule is CCOCCC1CCc2cc([C@H]3CC[C@](N)(CO)C3)ccc2C1. The van der Waals surface area contributed by atoms with Gasteiger partial charge >= 0.3 is 0 Å². The number of rotatable bonds is 6. The number of aliphatic hydroxyl groups is 1. The van der Waals surface area contributed by atoms with Crippen LogP contribution in [-0.4, -0.2) is 30.5 Å². The van der Waals surface area contributed by atoms with E-state index in [1.807, 2.05) is 0 Å². The van der Waals surface area contributed by atoms with Gasteiger partial charge in [0.2, 0.25) is 0 Å². The molecular weight excluding hydrogens is 286 g/mol. The second-order valence-electron chi connectivity index (χ2n) is 7.58. The van der Waals surface area contributed by atoms with Gasteiger partial charge < -0.3 is 15.6 Å². The van der Waals surface area contributed by atoms with Crippen molar-refractivity contribution in [3.63, 3.8) is 0 Å². The second-order valence-corrected chi connectivity index (χ2v) is 7.58. The number of hydrogen-bond acceptors (Lipinski definition) is 3. The smallest absolute Gasteiger partial charge is 0.0611 e. The molecule has 3 atom stereocenters. The third kappa shape index (κ3) is 3.96. The molecule has 0 heterocycles. The summed E-state index contributed by atoms with van der Waals surface area (Å²) < 4.78 is 5.51. The van der Waals surface area contributed by atoms with E-state index in [0.29, 0.717) is 5.92 Å². The van der Waals surface area contributed by atoms with Crippen LogP contribution in [0.1, 0.15) is 61.6 Å². The summed E-state index contributed by atoms with van der Waals surface area (Å²) in [5.74, 6) is 1.30. The molecule has 0 amide bonds. The van der Waals surface area contributed by atoms with Crippen molar-refractivity contribution in [2.75, 3.05) is 19.8 Å². The summed E-state index contributed by atoms with van der Waals surface area (Å²) in [4.78, 5) is 0. The summed E-state index contributed by atoms with van der Waals surface area (Å²) in [5.41, 5.74) is 10.4. The first-order valence-corrected chi connectivity index (χ1v) is 9.23. The molecule has 0 aromatic heterocycles. The van der Waals surface area contributed by atoms with Gasteiger partial charge in [-0.15, -0.1) is 0 Å². The summed E-state index contributed by atoms with van der Waals surface area (Å²) in [6.45, 7) is 3.89. The monoisotopic (exact) mass is 317 g/mol. The van der Waals surface area contributed by atoms with Gasteiger partial charge in [0.1, 0.15) is 0 Å². The molecule has 1 aromatic rings. The number of aryl methyl sites for hydroxylation is 1. The van der Waals surface area contributed by atoms with Crippen LogP contribution in [0.5, 0.6) is 0 Å².